The van der Waals surface area contributed by atoms with Gasteiger partial charge < -0.3 is 20.7 Å². The average Bonchev–Trinajstić information content (AvgIpc) is 3.34. The highest BCUT2D eigenvalue weighted by molar-refractivity contribution is 5.87. The summed E-state index contributed by atoms with van der Waals surface area (Å²) < 4.78 is 60.5. The Labute approximate surface area is 215 Å². The highest BCUT2D eigenvalue weighted by Crippen LogP contribution is 2.38. The van der Waals surface area contributed by atoms with Crippen molar-refractivity contribution in [1.82, 2.24) is 20.4 Å². The van der Waals surface area contributed by atoms with Crippen molar-refractivity contribution >= 4 is 5.97 Å². The Morgan fingerprint density at radius 2 is 2.05 bits per heavy atom. The van der Waals surface area contributed by atoms with E-state index in [9.17, 15) is 27.5 Å². The van der Waals surface area contributed by atoms with Gasteiger partial charge in [-0.1, -0.05) is 18.2 Å². The molecule has 3 aromatic rings. The number of halogens is 4. The normalized spacial score (nSPS) is 17.0. The van der Waals surface area contributed by atoms with Crippen LogP contribution in [0.1, 0.15) is 50.0 Å². The minimum absolute atomic E-state index is 0.0101. The number of aliphatic carboxylic acids is 1. The fourth-order valence-corrected chi connectivity index (χ4v) is 4.38. The van der Waals surface area contributed by atoms with E-state index >= 15 is 0 Å². The molecule has 0 amide bonds. The van der Waals surface area contributed by atoms with Crippen LogP contribution < -0.4 is 11.1 Å². The van der Waals surface area contributed by atoms with Crippen LogP contribution in [-0.2, 0) is 11.2 Å². The Kier molecular flexibility index (Phi) is 8.20. The molecule has 200 valence electrons. The summed E-state index contributed by atoms with van der Waals surface area (Å²) in [7, 11) is 0. The third-order valence-corrected chi connectivity index (χ3v) is 6.21. The van der Waals surface area contributed by atoms with Gasteiger partial charge in [0.05, 0.1) is 17.8 Å². The number of nitrogens with two attached hydrogens (primary N) is 1. The Hall–Kier alpha value is -4.06. The maximum Gasteiger partial charge on any atom is 0.333 e. The van der Waals surface area contributed by atoms with E-state index in [0.717, 1.165) is 12.3 Å². The van der Waals surface area contributed by atoms with Crippen molar-refractivity contribution in [3.63, 3.8) is 0 Å². The van der Waals surface area contributed by atoms with Gasteiger partial charge in [-0.3, -0.25) is 0 Å². The van der Waals surface area contributed by atoms with Crippen LogP contribution >= 0.6 is 0 Å². The van der Waals surface area contributed by atoms with E-state index in [1.165, 1.54) is 12.1 Å². The molecule has 0 radical (unpaired) electrons. The van der Waals surface area contributed by atoms with Crippen LogP contribution in [0.3, 0.4) is 0 Å². The number of aromatic nitrogens is 3. The molecule has 0 aliphatic heterocycles. The second kappa shape index (κ2) is 11.5. The first-order valence-electron chi connectivity index (χ1n) is 11.9. The molecule has 0 fully saturated rings. The first-order chi connectivity index (χ1) is 18.2. The number of nitrogens with one attached hydrogen (secondary N) is 1. The Morgan fingerprint density at radius 1 is 1.26 bits per heavy atom. The van der Waals surface area contributed by atoms with E-state index in [1.54, 1.807) is 6.08 Å². The van der Waals surface area contributed by atoms with Crippen molar-refractivity contribution in [2.75, 3.05) is 0 Å². The smallest absolute Gasteiger partial charge is 0.333 e. The minimum Gasteiger partial charge on any atom is -0.478 e. The largest absolute Gasteiger partial charge is 0.478 e. The van der Waals surface area contributed by atoms with Crippen molar-refractivity contribution in [3.05, 3.63) is 88.2 Å². The summed E-state index contributed by atoms with van der Waals surface area (Å²) in [6.07, 6.45) is 3.69. The SMILES string of the molecule is CC/C=C(/NC1=C(C(=O)O)CCC(c2cc(F)cc(F)c2F)C1)C(N)Cc1nc(-c2ccc(F)cn2)no1. The fourth-order valence-electron chi connectivity index (χ4n) is 4.38. The predicted octanol–water partition coefficient (Wildman–Crippen LogP) is 4.75. The van der Waals surface area contributed by atoms with E-state index in [2.05, 4.69) is 20.4 Å². The van der Waals surface area contributed by atoms with Crippen LogP contribution in [0.5, 0.6) is 0 Å². The van der Waals surface area contributed by atoms with E-state index in [4.69, 9.17) is 10.3 Å². The molecule has 2 heterocycles. The molecule has 4 N–H and O–H groups in total. The summed E-state index contributed by atoms with van der Waals surface area (Å²) in [5.74, 6) is -5.36. The van der Waals surface area contributed by atoms with Crippen LogP contribution in [0.15, 0.2) is 58.0 Å². The number of carboxylic acid groups (broad SMARTS) is 1. The number of benzene rings is 1. The summed E-state index contributed by atoms with van der Waals surface area (Å²) >= 11 is 0. The highest BCUT2D eigenvalue weighted by Gasteiger charge is 2.30. The number of rotatable bonds is 9. The van der Waals surface area contributed by atoms with Gasteiger partial charge in [0.25, 0.3) is 0 Å². The van der Waals surface area contributed by atoms with E-state index < -0.39 is 41.2 Å². The number of pyridine rings is 1. The monoisotopic (exact) mass is 531 g/mol. The van der Waals surface area contributed by atoms with Crippen LogP contribution in [-0.4, -0.2) is 32.2 Å². The van der Waals surface area contributed by atoms with Gasteiger partial charge in [0.1, 0.15) is 17.3 Å². The second-order valence-electron chi connectivity index (χ2n) is 8.87. The molecule has 0 saturated carbocycles. The van der Waals surface area contributed by atoms with Gasteiger partial charge >= 0.3 is 5.97 Å². The van der Waals surface area contributed by atoms with Gasteiger partial charge in [-0.2, -0.15) is 4.98 Å². The zero-order valence-electron chi connectivity index (χ0n) is 20.3. The number of carboxylic acids is 1. The molecular formula is C26H25F4N5O3. The zero-order valence-corrected chi connectivity index (χ0v) is 20.3. The first kappa shape index (κ1) is 27.0. The molecule has 12 heteroatoms. The molecular weight excluding hydrogens is 506 g/mol. The number of nitrogens with zero attached hydrogens (tertiary/aromatic N) is 3. The van der Waals surface area contributed by atoms with Gasteiger partial charge in [0.2, 0.25) is 11.7 Å². The number of carbonyl (C=O) groups is 1. The van der Waals surface area contributed by atoms with Crippen molar-refractivity contribution in [1.29, 1.82) is 0 Å². The molecule has 4 rings (SSSR count). The lowest BCUT2D eigenvalue weighted by Crippen LogP contribution is -2.35. The standard InChI is InChI=1S/C26H25F4N5O3/c1-2-3-20(19(31)11-23-34-25(35-38-23)21-7-5-14(27)12-32-21)33-22-8-13(4-6-16(22)26(36)37)17-9-15(28)10-18(29)24(17)30/h3,5,7,9-10,12-13,19,33H,2,4,6,8,11,31H2,1H3,(H,36,37)/b20-3+. The number of allylic oxidation sites excluding steroid dienone is 2. The van der Waals surface area contributed by atoms with Gasteiger partial charge in [-0.25, -0.2) is 27.3 Å². The number of hydrogen-bond donors (Lipinski definition) is 3. The van der Waals surface area contributed by atoms with Crippen LogP contribution in [0.4, 0.5) is 17.6 Å². The lowest BCUT2D eigenvalue weighted by molar-refractivity contribution is -0.133. The van der Waals surface area contributed by atoms with Crippen molar-refractivity contribution in [2.24, 2.45) is 5.73 Å². The summed E-state index contributed by atoms with van der Waals surface area (Å²) in [5.41, 5.74) is 7.38. The summed E-state index contributed by atoms with van der Waals surface area (Å²) in [6, 6.07) is 3.29. The van der Waals surface area contributed by atoms with E-state index in [1.807, 2.05) is 6.92 Å². The van der Waals surface area contributed by atoms with E-state index in [0.29, 0.717) is 23.9 Å². The van der Waals surface area contributed by atoms with Crippen molar-refractivity contribution in [2.45, 2.75) is 51.0 Å². The van der Waals surface area contributed by atoms with Crippen LogP contribution in [0, 0.1) is 23.3 Å². The molecule has 2 atom stereocenters. The Balaban J connectivity index is 1.54. The molecule has 0 bridgehead atoms. The average molecular weight is 532 g/mol. The molecule has 2 aromatic heterocycles. The zero-order chi connectivity index (χ0) is 27.4. The van der Waals surface area contributed by atoms with Gasteiger partial charge in [0, 0.05) is 23.9 Å². The fraction of sp³-hybridized carbons (Fsp3) is 0.308. The quantitative estimate of drug-likeness (QED) is 0.267. The molecule has 1 aliphatic rings. The third-order valence-electron chi connectivity index (χ3n) is 6.21. The van der Waals surface area contributed by atoms with Gasteiger partial charge in [-0.15, -0.1) is 0 Å². The molecule has 0 saturated heterocycles. The Bertz CT molecular complexity index is 1390. The van der Waals surface area contributed by atoms with E-state index in [-0.39, 0.29) is 54.2 Å². The molecule has 38 heavy (non-hydrogen) atoms. The molecule has 1 aliphatic carbocycles. The minimum atomic E-state index is -1.30. The third kappa shape index (κ3) is 6.08. The summed E-state index contributed by atoms with van der Waals surface area (Å²) in [4.78, 5) is 20.1. The van der Waals surface area contributed by atoms with Gasteiger partial charge in [-0.05, 0) is 55.4 Å². The lowest BCUT2D eigenvalue weighted by atomic mass is 9.82. The topological polar surface area (TPSA) is 127 Å². The first-order valence-corrected chi connectivity index (χ1v) is 11.9. The molecule has 2 unspecified atom stereocenters. The number of hydrogen-bond acceptors (Lipinski definition) is 7. The maximum absolute atomic E-state index is 14.5. The maximum atomic E-state index is 14.5. The van der Waals surface area contributed by atoms with Crippen LogP contribution in [0.2, 0.25) is 0 Å². The predicted molar refractivity (Wildman–Crippen MR) is 128 cm³/mol. The molecule has 1 aromatic carbocycles. The summed E-state index contributed by atoms with van der Waals surface area (Å²) in [6.45, 7) is 1.86. The van der Waals surface area contributed by atoms with Gasteiger partial charge in [0.15, 0.2) is 11.6 Å². The second-order valence-corrected chi connectivity index (χ2v) is 8.87. The Morgan fingerprint density at radius 3 is 2.74 bits per heavy atom. The highest BCUT2D eigenvalue weighted by atomic mass is 19.2. The molecule has 0 spiro atoms. The summed E-state index contributed by atoms with van der Waals surface area (Å²) in [5, 5.41) is 16.7. The van der Waals surface area contributed by atoms with Crippen LogP contribution in [0.25, 0.3) is 11.5 Å². The van der Waals surface area contributed by atoms with Crippen molar-refractivity contribution < 1.29 is 32.0 Å². The molecule has 8 nitrogen and oxygen atoms in total. The van der Waals surface area contributed by atoms with Crippen molar-refractivity contribution in [3.8, 4) is 11.5 Å². The lowest BCUT2D eigenvalue weighted by Gasteiger charge is -2.29.